The quantitative estimate of drug-likeness (QED) is 0.604. The zero-order valence-electron chi connectivity index (χ0n) is 17.9. The van der Waals surface area contributed by atoms with Crippen molar-refractivity contribution >= 4 is 23.3 Å². The maximum absolute atomic E-state index is 5.54. The average Bonchev–Trinajstić information content (AvgIpc) is 3.29. The number of hydrogen-bond acceptors (Lipinski definition) is 8. The predicted molar refractivity (Wildman–Crippen MR) is 126 cm³/mol. The smallest absolute Gasteiger partial charge is 0.241 e. The van der Waals surface area contributed by atoms with E-state index in [9.17, 15) is 0 Å². The fraction of sp³-hybridized carbons (Fsp3) is 0.435. The minimum Gasteiger partial charge on any atom is -0.369 e. The van der Waals surface area contributed by atoms with Crippen molar-refractivity contribution in [1.29, 1.82) is 0 Å². The molecule has 8 heteroatoms. The molecule has 2 saturated heterocycles. The van der Waals surface area contributed by atoms with Gasteiger partial charge in [0.25, 0.3) is 0 Å². The number of pyridine rings is 1. The number of rotatable bonds is 5. The second-order valence-corrected chi connectivity index (χ2v) is 9.34. The monoisotopic (exact) mass is 436 g/mol. The molecule has 0 bridgehead atoms. The third-order valence-corrected chi connectivity index (χ3v) is 6.88. The summed E-state index contributed by atoms with van der Waals surface area (Å²) in [5.41, 5.74) is 3.49. The number of anilines is 2. The minimum absolute atomic E-state index is 0.613. The molecule has 0 radical (unpaired) electrons. The van der Waals surface area contributed by atoms with Gasteiger partial charge in [0.15, 0.2) is 0 Å². The molecule has 5 rings (SSSR count). The van der Waals surface area contributed by atoms with Gasteiger partial charge in [-0.3, -0.25) is 4.90 Å². The van der Waals surface area contributed by atoms with E-state index in [0.717, 1.165) is 62.2 Å². The lowest BCUT2D eigenvalue weighted by Crippen LogP contribution is -2.46. The Morgan fingerprint density at radius 2 is 1.68 bits per heavy atom. The molecule has 0 spiro atoms. The zero-order chi connectivity index (χ0) is 21.0. The van der Waals surface area contributed by atoms with Crippen LogP contribution in [0.1, 0.15) is 11.5 Å². The predicted octanol–water partition coefficient (Wildman–Crippen LogP) is 3.32. The average molecular weight is 437 g/mol. The van der Waals surface area contributed by atoms with Gasteiger partial charge in [-0.1, -0.05) is 22.9 Å². The SMILES string of the molecule is Cc1ccc(N2CCN(Cc3nc(-c4ccc(N5CCSCC5)nc4)no3)CC2)cc1. The summed E-state index contributed by atoms with van der Waals surface area (Å²) >= 11 is 2.00. The van der Waals surface area contributed by atoms with Crippen LogP contribution >= 0.6 is 11.8 Å². The normalized spacial score (nSPS) is 17.8. The van der Waals surface area contributed by atoms with Crippen LogP contribution in [0.25, 0.3) is 11.4 Å². The molecule has 0 unspecified atom stereocenters. The van der Waals surface area contributed by atoms with Gasteiger partial charge in [-0.25, -0.2) is 4.98 Å². The lowest BCUT2D eigenvalue weighted by atomic mass is 10.2. The van der Waals surface area contributed by atoms with Gasteiger partial charge in [-0.2, -0.15) is 16.7 Å². The Labute approximate surface area is 187 Å². The van der Waals surface area contributed by atoms with Gasteiger partial charge in [0.2, 0.25) is 11.7 Å². The molecule has 2 aliphatic rings. The van der Waals surface area contributed by atoms with E-state index in [1.165, 1.54) is 11.3 Å². The van der Waals surface area contributed by atoms with Crippen LogP contribution in [0.2, 0.25) is 0 Å². The summed E-state index contributed by atoms with van der Waals surface area (Å²) in [5, 5.41) is 4.18. The summed E-state index contributed by atoms with van der Waals surface area (Å²) in [7, 11) is 0. The molecular weight excluding hydrogens is 408 g/mol. The molecule has 0 aliphatic carbocycles. The summed E-state index contributed by atoms with van der Waals surface area (Å²) in [6, 6.07) is 12.9. The lowest BCUT2D eigenvalue weighted by Gasteiger charge is -2.35. The van der Waals surface area contributed by atoms with Crippen molar-refractivity contribution in [1.82, 2.24) is 20.0 Å². The van der Waals surface area contributed by atoms with Crippen molar-refractivity contribution in [2.24, 2.45) is 0 Å². The molecule has 2 aromatic heterocycles. The first-order chi connectivity index (χ1) is 15.2. The van der Waals surface area contributed by atoms with E-state index in [2.05, 4.69) is 67.1 Å². The molecule has 0 saturated carbocycles. The summed E-state index contributed by atoms with van der Waals surface area (Å²) in [6.45, 7) is 8.90. The van der Waals surface area contributed by atoms with Crippen LogP contribution < -0.4 is 9.80 Å². The zero-order valence-corrected chi connectivity index (χ0v) is 18.7. The van der Waals surface area contributed by atoms with Gasteiger partial charge in [0, 0.05) is 68.2 Å². The van der Waals surface area contributed by atoms with Crippen molar-refractivity contribution in [2.45, 2.75) is 13.5 Å². The van der Waals surface area contributed by atoms with Gasteiger partial charge in [-0.15, -0.1) is 0 Å². The molecule has 3 aromatic rings. The highest BCUT2D eigenvalue weighted by Crippen LogP contribution is 2.22. The van der Waals surface area contributed by atoms with Crippen LogP contribution in [0.4, 0.5) is 11.5 Å². The molecule has 7 nitrogen and oxygen atoms in total. The van der Waals surface area contributed by atoms with E-state index in [-0.39, 0.29) is 0 Å². The largest absolute Gasteiger partial charge is 0.369 e. The molecular formula is C23H28N6OS. The Morgan fingerprint density at radius 1 is 0.903 bits per heavy atom. The number of nitrogens with zero attached hydrogens (tertiary/aromatic N) is 6. The summed E-state index contributed by atoms with van der Waals surface area (Å²) in [5.74, 6) is 4.63. The van der Waals surface area contributed by atoms with Gasteiger partial charge in [-0.05, 0) is 31.2 Å². The van der Waals surface area contributed by atoms with Gasteiger partial charge in [0.05, 0.1) is 6.54 Å². The van der Waals surface area contributed by atoms with Crippen LogP contribution in [-0.4, -0.2) is 70.8 Å². The highest BCUT2D eigenvalue weighted by molar-refractivity contribution is 7.99. The first kappa shape index (κ1) is 20.3. The standard InChI is InChI=1S/C23H28N6OS/c1-18-2-5-20(6-3-18)28-10-8-27(9-11-28)17-22-25-23(26-30-22)19-4-7-21(24-16-19)29-12-14-31-15-13-29/h2-7,16H,8-15,17H2,1H3. The number of aromatic nitrogens is 3. The summed E-state index contributed by atoms with van der Waals surface area (Å²) < 4.78 is 5.54. The highest BCUT2D eigenvalue weighted by Gasteiger charge is 2.20. The van der Waals surface area contributed by atoms with Gasteiger partial charge >= 0.3 is 0 Å². The second-order valence-electron chi connectivity index (χ2n) is 8.11. The highest BCUT2D eigenvalue weighted by atomic mass is 32.2. The molecule has 0 N–H and O–H groups in total. The van der Waals surface area contributed by atoms with Gasteiger partial charge in [0.1, 0.15) is 5.82 Å². The number of hydrogen-bond donors (Lipinski definition) is 0. The first-order valence-electron chi connectivity index (χ1n) is 10.9. The number of thioether (sulfide) groups is 1. The molecule has 162 valence electrons. The Balaban J connectivity index is 1.16. The summed E-state index contributed by atoms with van der Waals surface area (Å²) in [6.07, 6.45) is 1.85. The fourth-order valence-corrected chi connectivity index (χ4v) is 4.95. The molecule has 0 amide bonds. The molecule has 31 heavy (non-hydrogen) atoms. The van der Waals surface area contributed by atoms with Crippen LogP contribution in [0.3, 0.4) is 0 Å². The number of benzene rings is 1. The maximum atomic E-state index is 5.54. The van der Waals surface area contributed by atoms with Crippen LogP contribution in [-0.2, 0) is 6.54 Å². The van der Waals surface area contributed by atoms with Crippen LogP contribution in [0.5, 0.6) is 0 Å². The maximum Gasteiger partial charge on any atom is 0.241 e. The van der Waals surface area contributed by atoms with Gasteiger partial charge < -0.3 is 14.3 Å². The van der Waals surface area contributed by atoms with Crippen molar-refractivity contribution < 1.29 is 4.52 Å². The van der Waals surface area contributed by atoms with E-state index >= 15 is 0 Å². The van der Waals surface area contributed by atoms with Crippen molar-refractivity contribution in [3.63, 3.8) is 0 Å². The van der Waals surface area contributed by atoms with Crippen molar-refractivity contribution in [3.05, 3.63) is 54.0 Å². The third kappa shape index (κ3) is 4.85. The molecule has 2 fully saturated rings. The second kappa shape index (κ2) is 9.28. The molecule has 4 heterocycles. The van der Waals surface area contributed by atoms with E-state index in [1.54, 1.807) is 0 Å². The topological polar surface area (TPSA) is 61.5 Å². The Bertz CT molecular complexity index is 976. The van der Waals surface area contributed by atoms with Crippen molar-refractivity contribution in [3.8, 4) is 11.4 Å². The molecule has 2 aliphatic heterocycles. The summed E-state index contributed by atoms with van der Waals surface area (Å²) in [4.78, 5) is 16.4. The van der Waals surface area contributed by atoms with E-state index in [1.807, 2.05) is 24.0 Å². The Morgan fingerprint density at radius 3 is 2.39 bits per heavy atom. The Hall–Kier alpha value is -2.58. The van der Waals surface area contributed by atoms with Crippen LogP contribution in [0, 0.1) is 6.92 Å². The van der Waals surface area contributed by atoms with Crippen LogP contribution in [0.15, 0.2) is 47.1 Å². The Kier molecular flexibility index (Phi) is 6.08. The molecule has 0 atom stereocenters. The number of piperazine rings is 1. The van der Waals surface area contributed by atoms with E-state index < -0.39 is 0 Å². The number of aryl methyl sites for hydroxylation is 1. The lowest BCUT2D eigenvalue weighted by molar-refractivity contribution is 0.215. The van der Waals surface area contributed by atoms with Crippen molar-refractivity contribution in [2.75, 3.05) is 60.6 Å². The third-order valence-electron chi connectivity index (χ3n) is 5.94. The minimum atomic E-state index is 0.613. The first-order valence-corrected chi connectivity index (χ1v) is 12.1. The molecule has 1 aromatic carbocycles. The fourth-order valence-electron chi connectivity index (χ4n) is 4.05. The van der Waals surface area contributed by atoms with E-state index in [4.69, 9.17) is 4.52 Å². The van der Waals surface area contributed by atoms with E-state index in [0.29, 0.717) is 18.3 Å².